The minimum atomic E-state index is -0.716. The van der Waals surface area contributed by atoms with Gasteiger partial charge in [-0.3, -0.25) is 9.59 Å². The highest BCUT2D eigenvalue weighted by atomic mass is 16.5. The molecule has 1 aromatic heterocycles. The molecule has 158 valence electrons. The molecule has 3 rings (SSSR count). The van der Waals surface area contributed by atoms with Gasteiger partial charge in [0.1, 0.15) is 17.3 Å². The highest BCUT2D eigenvalue weighted by molar-refractivity contribution is 6.46. The molecule has 1 N–H and O–H groups in total. The van der Waals surface area contributed by atoms with Crippen molar-refractivity contribution in [2.24, 2.45) is 0 Å². The summed E-state index contributed by atoms with van der Waals surface area (Å²) >= 11 is 0. The zero-order chi connectivity index (χ0) is 22.0. The fourth-order valence-electron chi connectivity index (χ4n) is 3.51. The number of nitrogens with zero attached hydrogens (tertiary/aromatic N) is 4. The van der Waals surface area contributed by atoms with E-state index in [-0.39, 0.29) is 11.3 Å². The molecule has 0 saturated carbocycles. The molecule has 1 amide bonds. The van der Waals surface area contributed by atoms with E-state index >= 15 is 0 Å². The van der Waals surface area contributed by atoms with E-state index in [0.717, 1.165) is 0 Å². The number of hydrogen-bond donors (Lipinski definition) is 1. The van der Waals surface area contributed by atoms with Crippen LogP contribution in [0.25, 0.3) is 5.76 Å². The molecule has 1 atom stereocenters. The van der Waals surface area contributed by atoms with Crippen molar-refractivity contribution < 1.29 is 19.4 Å². The lowest BCUT2D eigenvalue weighted by atomic mass is 9.95. The maximum Gasteiger partial charge on any atom is 0.295 e. The number of ketones is 1. The van der Waals surface area contributed by atoms with Crippen LogP contribution in [0.2, 0.25) is 0 Å². The van der Waals surface area contributed by atoms with Crippen LogP contribution in [0.5, 0.6) is 5.75 Å². The lowest BCUT2D eigenvalue weighted by Crippen LogP contribution is -2.35. The van der Waals surface area contributed by atoms with E-state index in [1.165, 1.54) is 11.1 Å². The molecule has 2 heterocycles. The van der Waals surface area contributed by atoms with Crippen molar-refractivity contribution in [1.82, 2.24) is 19.8 Å². The molecule has 2 aromatic rings. The molecule has 8 nitrogen and oxygen atoms in total. The SMILES string of the molecule is COc1ccc(C2C(=C(O)c3cnc(C)nc3C)C(=O)C(=O)N2CCN(C)C)cc1. The second-order valence-electron chi connectivity index (χ2n) is 7.49. The maximum absolute atomic E-state index is 13.0. The van der Waals surface area contributed by atoms with Gasteiger partial charge < -0.3 is 19.6 Å². The Kier molecular flexibility index (Phi) is 6.17. The summed E-state index contributed by atoms with van der Waals surface area (Å²) in [6.07, 6.45) is 1.48. The van der Waals surface area contributed by atoms with Crippen molar-refractivity contribution in [1.29, 1.82) is 0 Å². The molecular weight excluding hydrogens is 384 g/mol. The largest absolute Gasteiger partial charge is 0.507 e. The first-order chi connectivity index (χ1) is 14.2. The molecule has 1 aromatic carbocycles. The summed E-state index contributed by atoms with van der Waals surface area (Å²) in [7, 11) is 5.36. The smallest absolute Gasteiger partial charge is 0.295 e. The van der Waals surface area contributed by atoms with Crippen LogP contribution in [0.15, 0.2) is 36.0 Å². The number of aromatic nitrogens is 2. The number of hydrogen-bond acceptors (Lipinski definition) is 7. The predicted octanol–water partition coefficient (Wildman–Crippen LogP) is 2.09. The van der Waals surface area contributed by atoms with Crippen molar-refractivity contribution in [2.75, 3.05) is 34.3 Å². The van der Waals surface area contributed by atoms with Gasteiger partial charge in [-0.15, -0.1) is 0 Å². The molecule has 1 aliphatic heterocycles. The number of Topliss-reactive ketones (excluding diaryl/α,β-unsaturated/α-hetero) is 1. The summed E-state index contributed by atoms with van der Waals surface area (Å²) in [5.74, 6) is -0.398. The van der Waals surface area contributed by atoms with E-state index in [9.17, 15) is 14.7 Å². The second-order valence-corrected chi connectivity index (χ2v) is 7.49. The van der Waals surface area contributed by atoms with Crippen LogP contribution in [-0.2, 0) is 9.59 Å². The molecule has 30 heavy (non-hydrogen) atoms. The van der Waals surface area contributed by atoms with Crippen molar-refractivity contribution >= 4 is 17.4 Å². The third-order valence-electron chi connectivity index (χ3n) is 5.11. The Balaban J connectivity index is 2.16. The fraction of sp³-hybridized carbons (Fsp3) is 0.364. The van der Waals surface area contributed by atoms with E-state index in [0.29, 0.717) is 41.5 Å². The molecule has 8 heteroatoms. The second kappa shape index (κ2) is 8.62. The van der Waals surface area contributed by atoms with Gasteiger partial charge in [-0.05, 0) is 45.6 Å². The number of methoxy groups -OCH3 is 1. The van der Waals surface area contributed by atoms with Crippen LogP contribution in [0.3, 0.4) is 0 Å². The van der Waals surface area contributed by atoms with Crippen LogP contribution >= 0.6 is 0 Å². The van der Waals surface area contributed by atoms with Crippen molar-refractivity contribution in [3.63, 3.8) is 0 Å². The maximum atomic E-state index is 13.0. The van der Waals surface area contributed by atoms with Gasteiger partial charge >= 0.3 is 0 Å². The van der Waals surface area contributed by atoms with Gasteiger partial charge in [0.15, 0.2) is 0 Å². The van der Waals surface area contributed by atoms with Crippen molar-refractivity contribution in [3.8, 4) is 5.75 Å². The standard InChI is InChI=1S/C22H26N4O4/c1-13-17(12-23-14(2)24-13)20(27)18-19(15-6-8-16(30-5)9-7-15)26(11-10-25(3)4)22(29)21(18)28/h6-9,12,19,27H,10-11H2,1-5H3. The van der Waals surface area contributed by atoms with Crippen molar-refractivity contribution in [2.45, 2.75) is 19.9 Å². The Hall–Kier alpha value is -3.26. The summed E-state index contributed by atoms with van der Waals surface area (Å²) < 4.78 is 5.22. The molecule has 1 fully saturated rings. The number of likely N-dealkylation sites (N-methyl/N-ethyl adjacent to an activating group) is 1. The number of ether oxygens (including phenoxy) is 1. The Morgan fingerprint density at radius 1 is 1.20 bits per heavy atom. The van der Waals surface area contributed by atoms with Gasteiger partial charge in [-0.1, -0.05) is 12.1 Å². The van der Waals surface area contributed by atoms with Gasteiger partial charge in [0.2, 0.25) is 0 Å². The Morgan fingerprint density at radius 2 is 1.87 bits per heavy atom. The third kappa shape index (κ3) is 4.04. The van der Waals surface area contributed by atoms with Crippen molar-refractivity contribution in [3.05, 3.63) is 58.7 Å². The number of likely N-dealkylation sites (tertiary alicyclic amines) is 1. The Morgan fingerprint density at radius 3 is 2.43 bits per heavy atom. The topological polar surface area (TPSA) is 95.9 Å². The Bertz CT molecular complexity index is 999. The monoisotopic (exact) mass is 410 g/mol. The first-order valence-electron chi connectivity index (χ1n) is 9.62. The number of benzene rings is 1. The predicted molar refractivity (Wildman–Crippen MR) is 112 cm³/mol. The third-order valence-corrected chi connectivity index (χ3v) is 5.11. The highest BCUT2D eigenvalue weighted by Gasteiger charge is 2.46. The lowest BCUT2D eigenvalue weighted by Gasteiger charge is -2.26. The van der Waals surface area contributed by atoms with Crippen LogP contribution < -0.4 is 4.74 Å². The van der Waals surface area contributed by atoms with E-state index < -0.39 is 17.7 Å². The number of carbonyl (C=O) groups excluding carboxylic acids is 2. The van der Waals surface area contributed by atoms with Gasteiger partial charge in [0, 0.05) is 19.3 Å². The summed E-state index contributed by atoms with van der Waals surface area (Å²) in [4.78, 5) is 37.7. The van der Waals surface area contributed by atoms with Gasteiger partial charge in [-0.25, -0.2) is 9.97 Å². The number of aliphatic hydroxyl groups excluding tert-OH is 1. The number of amides is 1. The zero-order valence-electron chi connectivity index (χ0n) is 17.8. The minimum Gasteiger partial charge on any atom is -0.507 e. The molecule has 0 aliphatic carbocycles. The summed E-state index contributed by atoms with van der Waals surface area (Å²) in [5.41, 5.74) is 1.62. The highest BCUT2D eigenvalue weighted by Crippen LogP contribution is 2.39. The quantitative estimate of drug-likeness (QED) is 0.442. The molecule has 1 saturated heterocycles. The summed E-state index contributed by atoms with van der Waals surface area (Å²) in [6, 6.07) is 6.41. The van der Waals surface area contributed by atoms with E-state index in [1.54, 1.807) is 45.2 Å². The van der Waals surface area contributed by atoms with E-state index in [2.05, 4.69) is 9.97 Å². The molecule has 0 bridgehead atoms. The number of carbonyl (C=O) groups is 2. The van der Waals surface area contributed by atoms with E-state index in [4.69, 9.17) is 4.74 Å². The first-order valence-corrected chi connectivity index (χ1v) is 9.62. The molecule has 1 unspecified atom stereocenters. The normalized spacial score (nSPS) is 18.3. The molecule has 0 spiro atoms. The molecule has 1 aliphatic rings. The number of aliphatic hydroxyl groups is 1. The zero-order valence-corrected chi connectivity index (χ0v) is 17.8. The van der Waals surface area contributed by atoms with Gasteiger partial charge in [0.25, 0.3) is 11.7 Å². The first kappa shape index (κ1) is 21.4. The van der Waals surface area contributed by atoms with Crippen LogP contribution in [0.4, 0.5) is 0 Å². The van der Waals surface area contributed by atoms with Crippen LogP contribution in [-0.4, -0.2) is 70.9 Å². The fourth-order valence-corrected chi connectivity index (χ4v) is 3.51. The van der Waals surface area contributed by atoms with Crippen LogP contribution in [0, 0.1) is 13.8 Å². The number of rotatable bonds is 6. The lowest BCUT2D eigenvalue weighted by molar-refractivity contribution is -0.140. The molecule has 0 radical (unpaired) electrons. The van der Waals surface area contributed by atoms with E-state index in [1.807, 2.05) is 19.0 Å². The minimum absolute atomic E-state index is 0.0412. The van der Waals surface area contributed by atoms with Gasteiger partial charge in [0.05, 0.1) is 30.0 Å². The van der Waals surface area contributed by atoms with Gasteiger partial charge in [-0.2, -0.15) is 0 Å². The Labute approximate surface area is 175 Å². The van der Waals surface area contributed by atoms with Crippen LogP contribution in [0.1, 0.15) is 28.7 Å². The summed E-state index contributed by atoms with van der Waals surface area (Å²) in [6.45, 7) is 4.39. The average Bonchev–Trinajstić information content (AvgIpc) is 2.96. The average molecular weight is 410 g/mol. The summed E-state index contributed by atoms with van der Waals surface area (Å²) in [5, 5.41) is 11.1. The number of aryl methyl sites for hydroxylation is 2. The molecular formula is C22H26N4O4.